The van der Waals surface area contributed by atoms with Crippen molar-refractivity contribution in [2.75, 3.05) is 13.1 Å². The fraction of sp³-hybridized carbons (Fsp3) is 0.520. The summed E-state index contributed by atoms with van der Waals surface area (Å²) in [5, 5.41) is 14.3. The van der Waals surface area contributed by atoms with Gasteiger partial charge in [0.2, 0.25) is 17.7 Å². The van der Waals surface area contributed by atoms with Crippen LogP contribution in [0.25, 0.3) is 0 Å². The van der Waals surface area contributed by atoms with Crippen LogP contribution in [0.15, 0.2) is 24.3 Å². The van der Waals surface area contributed by atoms with E-state index < -0.39 is 35.1 Å². The lowest BCUT2D eigenvalue weighted by atomic mass is 10.0. The van der Waals surface area contributed by atoms with Crippen molar-refractivity contribution in [1.29, 1.82) is 5.41 Å². The van der Waals surface area contributed by atoms with Crippen LogP contribution in [0.1, 0.15) is 66.7 Å². The number of primary amides is 1. The van der Waals surface area contributed by atoms with Gasteiger partial charge >= 0.3 is 0 Å². The Kier molecular flexibility index (Phi) is 11.6. The van der Waals surface area contributed by atoms with Gasteiger partial charge in [0.1, 0.15) is 12.1 Å². The van der Waals surface area contributed by atoms with Gasteiger partial charge in [-0.2, -0.15) is 12.6 Å². The number of hydrogen-bond donors (Lipinski definition) is 7. The largest absolute Gasteiger partial charge is 0.370 e. The first kappa shape index (κ1) is 30.6. The fourth-order valence-corrected chi connectivity index (χ4v) is 4.33. The Morgan fingerprint density at radius 1 is 0.947 bits per heavy atom. The van der Waals surface area contributed by atoms with Gasteiger partial charge in [0.25, 0.3) is 11.8 Å². The molecule has 2 rings (SSSR count). The maximum atomic E-state index is 13.0. The van der Waals surface area contributed by atoms with Crippen LogP contribution in [0.5, 0.6) is 0 Å². The molecule has 38 heavy (non-hydrogen) atoms. The second kappa shape index (κ2) is 14.4. The number of nitrogens with zero attached hydrogens (tertiary/aromatic N) is 1. The molecule has 1 aliphatic heterocycles. The normalized spacial score (nSPS) is 15.0. The predicted octanol–water partition coefficient (Wildman–Crippen LogP) is 0.125. The maximum absolute atomic E-state index is 13.0. The minimum absolute atomic E-state index is 0.0602. The molecule has 1 aromatic rings. The topological polar surface area (TPSA) is 201 Å². The van der Waals surface area contributed by atoms with Gasteiger partial charge < -0.3 is 27.4 Å². The summed E-state index contributed by atoms with van der Waals surface area (Å²) >= 11 is 4.36. The number of amides is 5. The van der Waals surface area contributed by atoms with Crippen molar-refractivity contribution in [3.05, 3.63) is 35.4 Å². The van der Waals surface area contributed by atoms with E-state index in [4.69, 9.17) is 16.9 Å². The Morgan fingerprint density at radius 2 is 1.53 bits per heavy atom. The smallest absolute Gasteiger partial charge is 0.261 e. The average Bonchev–Trinajstić information content (AvgIpc) is 3.09. The molecule has 5 amide bonds. The zero-order chi connectivity index (χ0) is 28.4. The third-order valence-corrected chi connectivity index (χ3v) is 6.52. The molecule has 1 unspecified atom stereocenters. The number of benzene rings is 1. The quantitative estimate of drug-likeness (QED) is 0.0531. The van der Waals surface area contributed by atoms with Crippen molar-refractivity contribution in [3.63, 3.8) is 0 Å². The summed E-state index contributed by atoms with van der Waals surface area (Å²) in [5.41, 5.74) is 11.4. The van der Waals surface area contributed by atoms with E-state index >= 15 is 0 Å². The van der Waals surface area contributed by atoms with Crippen molar-refractivity contribution in [2.45, 2.75) is 63.3 Å². The number of thiol groups is 1. The van der Waals surface area contributed by atoms with Gasteiger partial charge in [-0.1, -0.05) is 26.0 Å². The van der Waals surface area contributed by atoms with Crippen molar-refractivity contribution >= 4 is 48.1 Å². The molecule has 0 saturated heterocycles. The molecule has 0 aromatic heterocycles. The van der Waals surface area contributed by atoms with Crippen molar-refractivity contribution in [1.82, 2.24) is 20.9 Å². The number of nitrogens with two attached hydrogens (primary N) is 2. The molecule has 0 saturated carbocycles. The van der Waals surface area contributed by atoms with E-state index in [0.29, 0.717) is 36.9 Å². The van der Waals surface area contributed by atoms with E-state index in [1.54, 1.807) is 24.3 Å². The van der Waals surface area contributed by atoms with Crippen LogP contribution < -0.4 is 27.4 Å². The molecule has 1 aliphatic rings. The monoisotopic (exact) mass is 547 g/mol. The molecule has 0 bridgehead atoms. The number of carbonyl (C=O) groups is 5. The number of rotatable bonds is 15. The minimum atomic E-state index is -0.950. The number of hydrogen-bond acceptors (Lipinski definition) is 7. The van der Waals surface area contributed by atoms with E-state index in [9.17, 15) is 24.0 Å². The lowest BCUT2D eigenvalue weighted by Gasteiger charge is -2.24. The van der Waals surface area contributed by atoms with E-state index in [1.165, 1.54) is 0 Å². The molecule has 0 fully saturated rings. The molecule has 12 nitrogen and oxygen atoms in total. The van der Waals surface area contributed by atoms with Crippen LogP contribution in [0.2, 0.25) is 0 Å². The molecule has 208 valence electrons. The van der Waals surface area contributed by atoms with Crippen molar-refractivity contribution in [2.24, 2.45) is 17.4 Å². The van der Waals surface area contributed by atoms with Crippen LogP contribution in [0.3, 0.4) is 0 Å². The molecule has 1 heterocycles. The third kappa shape index (κ3) is 8.75. The first-order chi connectivity index (χ1) is 17.9. The number of nitrogens with one attached hydrogen (secondary N) is 4. The molecule has 0 radical (unpaired) electrons. The summed E-state index contributed by atoms with van der Waals surface area (Å²) < 4.78 is 0. The summed E-state index contributed by atoms with van der Waals surface area (Å²) in [5.74, 6) is -2.59. The van der Waals surface area contributed by atoms with E-state index in [1.807, 2.05) is 13.8 Å². The Hall–Kier alpha value is -3.61. The average molecular weight is 548 g/mol. The summed E-state index contributed by atoms with van der Waals surface area (Å²) in [6.07, 6.45) is 1.61. The van der Waals surface area contributed by atoms with Gasteiger partial charge in [-0.3, -0.25) is 34.3 Å². The van der Waals surface area contributed by atoms with Gasteiger partial charge in [0, 0.05) is 13.1 Å². The Balaban J connectivity index is 1.90. The second-order valence-electron chi connectivity index (χ2n) is 9.60. The van der Waals surface area contributed by atoms with Crippen LogP contribution in [-0.4, -0.2) is 70.8 Å². The number of imide groups is 1. The molecule has 3 atom stereocenters. The molecule has 8 N–H and O–H groups in total. The van der Waals surface area contributed by atoms with Crippen molar-refractivity contribution in [3.8, 4) is 0 Å². The number of fused-ring (bicyclic) bond motifs is 1. The summed E-state index contributed by atoms with van der Waals surface area (Å²) in [6, 6.07) is 4.75. The fourth-order valence-electron chi connectivity index (χ4n) is 4.07. The Morgan fingerprint density at radius 3 is 2.05 bits per heavy atom. The minimum Gasteiger partial charge on any atom is -0.370 e. The molecule has 13 heteroatoms. The maximum Gasteiger partial charge on any atom is 0.261 e. The standard InChI is InChI=1S/C25H37N7O5S/c1-14(2)13-18(21(34)30-17(20(26)33)9-5-11-29-25(27)28)31-22(35)19(38)10-6-12-32-23(36)15-7-3-4-8-16(15)24(32)37/h3-4,7-8,14,17-19,38H,5-6,9-13H2,1-2H3,(H2,26,33)(H,30,34)(H,31,35)(H4,27,28,29)/t17-,18-,19?/m0/s1. The zero-order valence-electron chi connectivity index (χ0n) is 21.7. The molecular weight excluding hydrogens is 510 g/mol. The summed E-state index contributed by atoms with van der Waals surface area (Å²) in [7, 11) is 0. The van der Waals surface area contributed by atoms with Crippen molar-refractivity contribution < 1.29 is 24.0 Å². The van der Waals surface area contributed by atoms with Crippen LogP contribution in [-0.2, 0) is 14.4 Å². The second-order valence-corrected chi connectivity index (χ2v) is 10.2. The van der Waals surface area contributed by atoms with Gasteiger partial charge in [-0.15, -0.1) is 0 Å². The highest BCUT2D eigenvalue weighted by molar-refractivity contribution is 7.81. The van der Waals surface area contributed by atoms with E-state index in [2.05, 4.69) is 28.6 Å². The highest BCUT2D eigenvalue weighted by atomic mass is 32.1. The highest BCUT2D eigenvalue weighted by Crippen LogP contribution is 2.23. The van der Waals surface area contributed by atoms with Gasteiger partial charge in [-0.05, 0) is 50.2 Å². The Bertz CT molecular complexity index is 1030. The first-order valence-electron chi connectivity index (χ1n) is 12.5. The molecular formula is C25H37N7O5S. The highest BCUT2D eigenvalue weighted by Gasteiger charge is 2.35. The summed E-state index contributed by atoms with van der Waals surface area (Å²) in [4.78, 5) is 63.8. The van der Waals surface area contributed by atoms with Gasteiger partial charge in [-0.25, -0.2) is 0 Å². The van der Waals surface area contributed by atoms with Crippen LogP contribution >= 0.6 is 12.6 Å². The third-order valence-electron chi connectivity index (χ3n) is 6.03. The lowest BCUT2D eigenvalue weighted by Crippen LogP contribution is -2.54. The van der Waals surface area contributed by atoms with Gasteiger partial charge in [0.05, 0.1) is 16.4 Å². The van der Waals surface area contributed by atoms with E-state index in [-0.39, 0.29) is 43.1 Å². The molecule has 0 spiro atoms. The lowest BCUT2D eigenvalue weighted by molar-refractivity contribution is -0.131. The van der Waals surface area contributed by atoms with Crippen LogP contribution in [0.4, 0.5) is 0 Å². The molecule has 1 aromatic carbocycles. The zero-order valence-corrected chi connectivity index (χ0v) is 22.6. The first-order valence-corrected chi connectivity index (χ1v) is 13.0. The SMILES string of the molecule is CC(C)C[C@H](NC(=O)C(S)CCCN1C(=O)c2ccccc2C1=O)C(=O)N[C@@H](CCCNC(=N)N)C(N)=O. The number of guanidine groups is 1. The predicted molar refractivity (Wildman–Crippen MR) is 145 cm³/mol. The van der Waals surface area contributed by atoms with E-state index in [0.717, 1.165) is 4.90 Å². The number of carbonyl (C=O) groups excluding carboxylic acids is 5. The van der Waals surface area contributed by atoms with Crippen LogP contribution in [0, 0.1) is 11.3 Å². The van der Waals surface area contributed by atoms with Gasteiger partial charge in [0.15, 0.2) is 5.96 Å². The summed E-state index contributed by atoms with van der Waals surface area (Å²) in [6.45, 7) is 4.27. The molecule has 0 aliphatic carbocycles. The Labute approximate surface area is 227 Å².